The molecule has 3 rings (SSSR count). The van der Waals surface area contributed by atoms with Crippen LogP contribution in [0, 0.1) is 5.82 Å². The maximum atomic E-state index is 12.9. The van der Waals surface area contributed by atoms with Crippen molar-refractivity contribution in [1.29, 1.82) is 0 Å². The monoisotopic (exact) mass is 361 g/mol. The number of hydrogen-bond acceptors (Lipinski definition) is 3. The van der Waals surface area contributed by atoms with E-state index in [0.29, 0.717) is 30.8 Å². The van der Waals surface area contributed by atoms with Crippen molar-refractivity contribution in [3.05, 3.63) is 66.0 Å². The highest BCUT2D eigenvalue weighted by Crippen LogP contribution is 2.24. The number of sulfone groups is 1. The van der Waals surface area contributed by atoms with E-state index in [9.17, 15) is 17.6 Å². The van der Waals surface area contributed by atoms with Gasteiger partial charge < -0.3 is 4.90 Å². The van der Waals surface area contributed by atoms with Crippen molar-refractivity contribution in [3.63, 3.8) is 0 Å². The van der Waals surface area contributed by atoms with Crippen LogP contribution in [0.2, 0.25) is 0 Å². The molecule has 1 heterocycles. The van der Waals surface area contributed by atoms with E-state index in [4.69, 9.17) is 0 Å². The third-order valence-corrected chi connectivity index (χ3v) is 6.85. The summed E-state index contributed by atoms with van der Waals surface area (Å²) in [5, 5.41) is -0.454. The minimum Gasteiger partial charge on any atom is -0.342 e. The lowest BCUT2D eigenvalue weighted by atomic mass is 10.1. The van der Waals surface area contributed by atoms with Crippen molar-refractivity contribution in [2.45, 2.75) is 29.4 Å². The van der Waals surface area contributed by atoms with Gasteiger partial charge in [0.2, 0.25) is 5.91 Å². The Morgan fingerprint density at radius 1 is 1.00 bits per heavy atom. The number of carbonyl (C=O) groups excluding carboxylic acids is 1. The molecular weight excluding hydrogens is 341 g/mol. The van der Waals surface area contributed by atoms with Gasteiger partial charge in [-0.25, -0.2) is 12.8 Å². The Kier molecular flexibility index (Phi) is 5.18. The van der Waals surface area contributed by atoms with E-state index >= 15 is 0 Å². The van der Waals surface area contributed by atoms with Crippen LogP contribution in [-0.4, -0.2) is 37.6 Å². The number of halogens is 1. The Morgan fingerprint density at radius 3 is 2.20 bits per heavy atom. The number of carbonyl (C=O) groups is 1. The molecule has 2 aromatic rings. The van der Waals surface area contributed by atoms with Crippen LogP contribution in [0.3, 0.4) is 0 Å². The first-order valence-corrected chi connectivity index (χ1v) is 9.82. The zero-order valence-electron chi connectivity index (χ0n) is 13.8. The van der Waals surface area contributed by atoms with Crippen LogP contribution >= 0.6 is 0 Å². The second-order valence-corrected chi connectivity index (χ2v) is 8.47. The molecule has 1 saturated heterocycles. The number of hydrogen-bond donors (Lipinski definition) is 0. The Bertz CT molecular complexity index is 827. The molecular formula is C19H20FNO3S. The molecule has 0 aromatic heterocycles. The van der Waals surface area contributed by atoms with E-state index in [1.807, 2.05) is 0 Å². The zero-order chi connectivity index (χ0) is 17.9. The average Bonchev–Trinajstić information content (AvgIpc) is 2.64. The first-order valence-electron chi connectivity index (χ1n) is 8.28. The fourth-order valence-electron chi connectivity index (χ4n) is 3.11. The van der Waals surface area contributed by atoms with Crippen LogP contribution in [0.1, 0.15) is 18.4 Å². The molecule has 0 atom stereocenters. The number of amides is 1. The van der Waals surface area contributed by atoms with E-state index in [0.717, 1.165) is 5.56 Å². The van der Waals surface area contributed by atoms with Gasteiger partial charge in [-0.15, -0.1) is 0 Å². The van der Waals surface area contributed by atoms with Crippen molar-refractivity contribution < 1.29 is 17.6 Å². The normalized spacial score (nSPS) is 16.0. The Morgan fingerprint density at radius 2 is 1.60 bits per heavy atom. The molecule has 25 heavy (non-hydrogen) atoms. The third-order valence-electron chi connectivity index (χ3n) is 4.57. The van der Waals surface area contributed by atoms with Gasteiger partial charge in [0.15, 0.2) is 9.84 Å². The van der Waals surface area contributed by atoms with Gasteiger partial charge in [-0.1, -0.05) is 30.3 Å². The Balaban J connectivity index is 1.60. The van der Waals surface area contributed by atoms with Gasteiger partial charge in [-0.3, -0.25) is 4.79 Å². The first kappa shape index (κ1) is 17.6. The smallest absolute Gasteiger partial charge is 0.226 e. The summed E-state index contributed by atoms with van der Waals surface area (Å²) >= 11 is 0. The fourth-order valence-corrected chi connectivity index (χ4v) is 4.86. The summed E-state index contributed by atoms with van der Waals surface area (Å²) in [7, 11) is -3.35. The van der Waals surface area contributed by atoms with Gasteiger partial charge in [0.25, 0.3) is 0 Å². The number of piperidine rings is 1. The molecule has 0 aliphatic carbocycles. The van der Waals surface area contributed by atoms with Crippen LogP contribution < -0.4 is 0 Å². The molecule has 1 fully saturated rings. The summed E-state index contributed by atoms with van der Waals surface area (Å²) < 4.78 is 38.2. The van der Waals surface area contributed by atoms with Gasteiger partial charge in [0, 0.05) is 13.1 Å². The summed E-state index contributed by atoms with van der Waals surface area (Å²) in [4.78, 5) is 14.4. The molecule has 0 N–H and O–H groups in total. The van der Waals surface area contributed by atoms with Crippen LogP contribution in [0.15, 0.2) is 59.5 Å². The maximum Gasteiger partial charge on any atom is 0.226 e. The largest absolute Gasteiger partial charge is 0.342 e. The minimum absolute atomic E-state index is 0.0535. The molecule has 0 spiro atoms. The molecule has 6 heteroatoms. The van der Waals surface area contributed by atoms with Crippen molar-refractivity contribution in [3.8, 4) is 0 Å². The molecule has 0 unspecified atom stereocenters. The lowest BCUT2D eigenvalue weighted by molar-refractivity contribution is -0.131. The van der Waals surface area contributed by atoms with Crippen LogP contribution in [0.25, 0.3) is 0 Å². The zero-order valence-corrected chi connectivity index (χ0v) is 14.6. The summed E-state index contributed by atoms with van der Waals surface area (Å²) in [6.45, 7) is 0.855. The molecule has 0 radical (unpaired) electrons. The molecule has 1 amide bonds. The van der Waals surface area contributed by atoms with E-state index in [2.05, 4.69) is 0 Å². The number of likely N-dealkylation sites (tertiary alicyclic amines) is 1. The quantitative estimate of drug-likeness (QED) is 0.841. The first-order chi connectivity index (χ1) is 12.0. The van der Waals surface area contributed by atoms with Crippen molar-refractivity contribution in [1.82, 2.24) is 4.90 Å². The van der Waals surface area contributed by atoms with E-state index in [1.54, 1.807) is 47.4 Å². The average molecular weight is 361 g/mol. The van der Waals surface area contributed by atoms with Crippen LogP contribution in [0.5, 0.6) is 0 Å². The molecule has 0 bridgehead atoms. The highest BCUT2D eigenvalue weighted by molar-refractivity contribution is 7.92. The predicted octanol–water partition coefficient (Wildman–Crippen LogP) is 2.83. The van der Waals surface area contributed by atoms with E-state index in [1.165, 1.54) is 12.1 Å². The van der Waals surface area contributed by atoms with Gasteiger partial charge in [0.1, 0.15) is 5.82 Å². The third kappa shape index (κ3) is 4.07. The summed E-state index contributed by atoms with van der Waals surface area (Å²) in [6, 6.07) is 14.3. The lowest BCUT2D eigenvalue weighted by Gasteiger charge is -2.32. The van der Waals surface area contributed by atoms with Crippen molar-refractivity contribution in [2.24, 2.45) is 0 Å². The molecule has 0 saturated carbocycles. The van der Waals surface area contributed by atoms with Gasteiger partial charge >= 0.3 is 0 Å². The van der Waals surface area contributed by atoms with E-state index in [-0.39, 0.29) is 18.1 Å². The highest BCUT2D eigenvalue weighted by Gasteiger charge is 2.32. The standard InChI is InChI=1S/C19H20FNO3S/c20-16-8-6-15(7-9-16)14-19(22)21-12-10-18(11-13-21)25(23,24)17-4-2-1-3-5-17/h1-9,18H,10-14H2. The highest BCUT2D eigenvalue weighted by atomic mass is 32.2. The molecule has 132 valence electrons. The van der Waals surface area contributed by atoms with Crippen molar-refractivity contribution in [2.75, 3.05) is 13.1 Å². The van der Waals surface area contributed by atoms with Crippen LogP contribution in [-0.2, 0) is 21.1 Å². The number of nitrogens with zero attached hydrogens (tertiary/aromatic N) is 1. The van der Waals surface area contributed by atoms with Gasteiger partial charge in [-0.05, 0) is 42.7 Å². The van der Waals surface area contributed by atoms with Gasteiger partial charge in [-0.2, -0.15) is 0 Å². The molecule has 2 aromatic carbocycles. The van der Waals surface area contributed by atoms with Crippen molar-refractivity contribution >= 4 is 15.7 Å². The van der Waals surface area contributed by atoms with Crippen LogP contribution in [0.4, 0.5) is 4.39 Å². The summed E-state index contributed by atoms with van der Waals surface area (Å²) in [5.74, 6) is -0.384. The number of rotatable bonds is 4. The lowest BCUT2D eigenvalue weighted by Crippen LogP contribution is -2.43. The minimum atomic E-state index is -3.35. The maximum absolute atomic E-state index is 12.9. The summed E-state index contributed by atoms with van der Waals surface area (Å²) in [5.41, 5.74) is 0.755. The Labute approximate surface area is 147 Å². The number of benzene rings is 2. The molecule has 1 aliphatic heterocycles. The fraction of sp³-hybridized carbons (Fsp3) is 0.316. The topological polar surface area (TPSA) is 54.5 Å². The Hall–Kier alpha value is -2.21. The van der Waals surface area contributed by atoms with E-state index < -0.39 is 15.1 Å². The summed E-state index contributed by atoms with van der Waals surface area (Å²) in [6.07, 6.45) is 1.08. The second kappa shape index (κ2) is 7.35. The second-order valence-electron chi connectivity index (χ2n) is 6.24. The molecule has 1 aliphatic rings. The SMILES string of the molecule is O=C(Cc1ccc(F)cc1)N1CCC(S(=O)(=O)c2ccccc2)CC1. The predicted molar refractivity (Wildman–Crippen MR) is 93.3 cm³/mol. The molecule has 4 nitrogen and oxygen atoms in total. The van der Waals surface area contributed by atoms with Gasteiger partial charge in [0.05, 0.1) is 16.6 Å².